The van der Waals surface area contributed by atoms with E-state index in [1.807, 2.05) is 6.07 Å². The quantitative estimate of drug-likeness (QED) is 0.797. The predicted octanol–water partition coefficient (Wildman–Crippen LogP) is 3.04. The number of sulfone groups is 1. The Hall–Kier alpha value is -2.85. The number of fused-ring (bicyclic) bond motifs is 1. The highest BCUT2D eigenvalue weighted by Gasteiger charge is 2.25. The van der Waals surface area contributed by atoms with Crippen molar-refractivity contribution in [2.75, 3.05) is 6.61 Å². The van der Waals surface area contributed by atoms with Crippen LogP contribution in [0.5, 0.6) is 5.75 Å². The van der Waals surface area contributed by atoms with Crippen molar-refractivity contribution in [3.05, 3.63) is 54.5 Å². The molecule has 1 aromatic heterocycles. The van der Waals surface area contributed by atoms with Gasteiger partial charge < -0.3 is 9.72 Å². The van der Waals surface area contributed by atoms with Crippen LogP contribution in [0.4, 0.5) is 4.39 Å². The van der Waals surface area contributed by atoms with Crippen LogP contribution in [0.15, 0.2) is 58.5 Å². The summed E-state index contributed by atoms with van der Waals surface area (Å²) in [5, 5.41) is 8.97. The lowest BCUT2D eigenvalue weighted by Gasteiger charge is -2.06. The summed E-state index contributed by atoms with van der Waals surface area (Å²) in [6.07, 6.45) is 1.30. The molecule has 0 radical (unpaired) electrons. The number of benzene rings is 2. The van der Waals surface area contributed by atoms with Gasteiger partial charge in [-0.2, -0.15) is 5.26 Å². The van der Waals surface area contributed by atoms with Crippen LogP contribution in [-0.4, -0.2) is 20.0 Å². The summed E-state index contributed by atoms with van der Waals surface area (Å²) in [5.74, 6) is -0.447. The van der Waals surface area contributed by atoms with Gasteiger partial charge in [-0.3, -0.25) is 0 Å². The molecule has 0 aliphatic carbocycles. The SMILES string of the molecule is N#CCOc1cccc2c(S(=O)(=O)c3ccccc3F)c[nH]c12. The Kier molecular flexibility index (Phi) is 3.76. The Morgan fingerprint density at radius 2 is 1.91 bits per heavy atom. The zero-order chi connectivity index (χ0) is 16.4. The molecule has 2 aromatic carbocycles. The number of aromatic nitrogens is 1. The van der Waals surface area contributed by atoms with E-state index in [0.717, 1.165) is 6.07 Å². The number of halogens is 1. The van der Waals surface area contributed by atoms with E-state index in [9.17, 15) is 12.8 Å². The van der Waals surface area contributed by atoms with Gasteiger partial charge in [0.1, 0.15) is 22.5 Å². The molecule has 0 saturated carbocycles. The van der Waals surface area contributed by atoms with E-state index in [1.54, 1.807) is 18.2 Å². The molecule has 1 heterocycles. The van der Waals surface area contributed by atoms with Crippen molar-refractivity contribution < 1.29 is 17.5 Å². The number of hydrogen-bond donors (Lipinski definition) is 1. The average molecular weight is 330 g/mol. The molecule has 23 heavy (non-hydrogen) atoms. The average Bonchev–Trinajstić information content (AvgIpc) is 2.98. The summed E-state index contributed by atoms with van der Waals surface area (Å²) < 4.78 is 44.5. The fraction of sp³-hybridized carbons (Fsp3) is 0.0625. The molecule has 0 fully saturated rings. The van der Waals surface area contributed by atoms with E-state index >= 15 is 0 Å². The second kappa shape index (κ2) is 5.74. The number of hydrogen-bond acceptors (Lipinski definition) is 4. The summed E-state index contributed by atoms with van der Waals surface area (Å²) in [5.41, 5.74) is 0.442. The fourth-order valence-corrected chi connectivity index (χ4v) is 3.83. The Morgan fingerprint density at radius 3 is 2.65 bits per heavy atom. The zero-order valence-corrected chi connectivity index (χ0v) is 12.6. The van der Waals surface area contributed by atoms with Crippen LogP contribution in [0, 0.1) is 17.1 Å². The number of nitrogens with one attached hydrogen (secondary N) is 1. The monoisotopic (exact) mass is 330 g/mol. The highest BCUT2D eigenvalue weighted by Crippen LogP contribution is 2.33. The van der Waals surface area contributed by atoms with E-state index < -0.39 is 15.7 Å². The molecule has 0 saturated heterocycles. The molecule has 3 aromatic rings. The van der Waals surface area contributed by atoms with Crippen molar-refractivity contribution in [1.82, 2.24) is 4.98 Å². The molecule has 0 aliphatic heterocycles. The third-order valence-electron chi connectivity index (χ3n) is 3.35. The van der Waals surface area contributed by atoms with E-state index in [-0.39, 0.29) is 16.4 Å². The summed E-state index contributed by atoms with van der Waals surface area (Å²) in [7, 11) is -4.02. The highest BCUT2D eigenvalue weighted by molar-refractivity contribution is 7.91. The molecule has 0 unspecified atom stereocenters. The Labute approximate surface area is 131 Å². The number of rotatable bonds is 4. The highest BCUT2D eigenvalue weighted by atomic mass is 32.2. The van der Waals surface area contributed by atoms with Crippen LogP contribution >= 0.6 is 0 Å². The normalized spacial score (nSPS) is 11.3. The molecule has 3 rings (SSSR count). The standard InChI is InChI=1S/C16H11FN2O3S/c17-12-5-1-2-7-14(12)23(20,21)15-10-19-16-11(15)4-3-6-13(16)22-9-8-18/h1-7,10,19H,9H2. The van der Waals surface area contributed by atoms with Crippen molar-refractivity contribution >= 4 is 20.7 Å². The number of nitriles is 1. The fourth-order valence-electron chi connectivity index (χ4n) is 2.33. The number of nitrogens with zero attached hydrogens (tertiary/aromatic N) is 1. The van der Waals surface area contributed by atoms with Gasteiger partial charge in [-0.05, 0) is 18.2 Å². The lowest BCUT2D eigenvalue weighted by Crippen LogP contribution is -2.03. The van der Waals surface area contributed by atoms with Gasteiger partial charge in [0.15, 0.2) is 6.61 Å². The second-order valence-corrected chi connectivity index (χ2v) is 6.60. The molecule has 7 heteroatoms. The predicted molar refractivity (Wildman–Crippen MR) is 81.3 cm³/mol. The van der Waals surface area contributed by atoms with Crippen molar-refractivity contribution in [1.29, 1.82) is 5.26 Å². The molecule has 0 aliphatic rings. The molecule has 0 bridgehead atoms. The minimum absolute atomic E-state index is 0.0417. The summed E-state index contributed by atoms with van der Waals surface area (Å²) in [6, 6.07) is 11.9. The third kappa shape index (κ3) is 2.53. The second-order valence-electron chi connectivity index (χ2n) is 4.71. The van der Waals surface area contributed by atoms with Crippen LogP contribution in [0.1, 0.15) is 0 Å². The largest absolute Gasteiger partial charge is 0.477 e. The van der Waals surface area contributed by atoms with E-state index in [1.165, 1.54) is 24.4 Å². The summed E-state index contributed by atoms with van der Waals surface area (Å²) in [4.78, 5) is 2.40. The Morgan fingerprint density at radius 1 is 1.13 bits per heavy atom. The number of para-hydroxylation sites is 1. The van der Waals surface area contributed by atoms with Crippen molar-refractivity contribution in [2.45, 2.75) is 9.79 Å². The van der Waals surface area contributed by atoms with E-state index in [0.29, 0.717) is 16.7 Å². The van der Waals surface area contributed by atoms with Gasteiger partial charge in [0.05, 0.1) is 10.4 Å². The molecular weight excluding hydrogens is 319 g/mol. The minimum atomic E-state index is -4.02. The van der Waals surface area contributed by atoms with Gasteiger partial charge in [-0.15, -0.1) is 0 Å². The maximum absolute atomic E-state index is 13.9. The third-order valence-corrected chi connectivity index (χ3v) is 5.17. The molecule has 5 nitrogen and oxygen atoms in total. The Balaban J connectivity index is 2.18. The van der Waals surface area contributed by atoms with Gasteiger partial charge in [0.2, 0.25) is 9.84 Å². The van der Waals surface area contributed by atoms with Gasteiger partial charge in [0, 0.05) is 11.6 Å². The number of ether oxygens (including phenoxy) is 1. The first-order valence-electron chi connectivity index (χ1n) is 6.65. The van der Waals surface area contributed by atoms with Crippen LogP contribution < -0.4 is 4.74 Å². The molecule has 0 amide bonds. The first-order valence-corrected chi connectivity index (χ1v) is 8.13. The minimum Gasteiger partial charge on any atom is -0.477 e. The van der Waals surface area contributed by atoms with Crippen LogP contribution in [-0.2, 0) is 9.84 Å². The topological polar surface area (TPSA) is 82.9 Å². The first kappa shape index (κ1) is 15.1. The smallest absolute Gasteiger partial charge is 0.211 e. The number of H-pyrrole nitrogens is 1. The van der Waals surface area contributed by atoms with Crippen LogP contribution in [0.2, 0.25) is 0 Å². The summed E-state index contributed by atoms with van der Waals surface area (Å²) >= 11 is 0. The van der Waals surface area contributed by atoms with Crippen molar-refractivity contribution in [3.8, 4) is 11.8 Å². The van der Waals surface area contributed by atoms with Gasteiger partial charge in [0.25, 0.3) is 0 Å². The van der Waals surface area contributed by atoms with Crippen LogP contribution in [0.3, 0.4) is 0 Å². The zero-order valence-electron chi connectivity index (χ0n) is 11.8. The van der Waals surface area contributed by atoms with Gasteiger partial charge >= 0.3 is 0 Å². The molecule has 0 spiro atoms. The van der Waals surface area contributed by atoms with Gasteiger partial charge in [-0.1, -0.05) is 24.3 Å². The lowest BCUT2D eigenvalue weighted by molar-refractivity contribution is 0.372. The summed E-state index contributed by atoms with van der Waals surface area (Å²) in [6.45, 7) is -0.159. The lowest BCUT2D eigenvalue weighted by atomic mass is 10.2. The molecular formula is C16H11FN2O3S. The van der Waals surface area contributed by atoms with Crippen LogP contribution in [0.25, 0.3) is 10.9 Å². The maximum Gasteiger partial charge on any atom is 0.211 e. The molecule has 0 atom stereocenters. The molecule has 116 valence electrons. The van der Waals surface area contributed by atoms with E-state index in [4.69, 9.17) is 10.00 Å². The maximum atomic E-state index is 13.9. The van der Waals surface area contributed by atoms with E-state index in [2.05, 4.69) is 4.98 Å². The number of aromatic amines is 1. The Bertz CT molecular complexity index is 1020. The van der Waals surface area contributed by atoms with Crippen molar-refractivity contribution in [3.63, 3.8) is 0 Å². The first-order chi connectivity index (χ1) is 11.1. The van der Waals surface area contributed by atoms with Gasteiger partial charge in [-0.25, -0.2) is 12.8 Å². The molecule has 1 N–H and O–H groups in total. The van der Waals surface area contributed by atoms with Crippen molar-refractivity contribution in [2.24, 2.45) is 0 Å².